The van der Waals surface area contributed by atoms with Crippen LogP contribution >= 0.6 is 15.9 Å². The van der Waals surface area contributed by atoms with Crippen LogP contribution in [-0.2, 0) is 6.61 Å². The lowest BCUT2D eigenvalue weighted by atomic mass is 9.97. The Balaban J connectivity index is 2.01. The molecule has 1 aliphatic rings. The third-order valence-corrected chi connectivity index (χ3v) is 5.72. The third kappa shape index (κ3) is 2.62. The molecule has 2 aromatic carbocycles. The molecule has 0 spiro atoms. The average Bonchev–Trinajstić information content (AvgIpc) is 3.42. The van der Waals surface area contributed by atoms with Gasteiger partial charge in [0.2, 0.25) is 0 Å². The van der Waals surface area contributed by atoms with Gasteiger partial charge in [0, 0.05) is 16.2 Å². The number of benzene rings is 2. The fourth-order valence-electron chi connectivity index (χ4n) is 3.49. The molecule has 3 nitrogen and oxygen atoms in total. The van der Waals surface area contributed by atoms with Crippen molar-refractivity contribution in [2.24, 2.45) is 0 Å². The highest BCUT2D eigenvalue weighted by Crippen LogP contribution is 2.43. The van der Waals surface area contributed by atoms with Gasteiger partial charge in [0.25, 0.3) is 5.56 Å². The van der Waals surface area contributed by atoms with Gasteiger partial charge < -0.3 is 5.11 Å². The van der Waals surface area contributed by atoms with Crippen LogP contribution in [0.5, 0.6) is 0 Å². The molecule has 0 unspecified atom stereocenters. The van der Waals surface area contributed by atoms with E-state index in [9.17, 15) is 14.3 Å². The molecule has 25 heavy (non-hydrogen) atoms. The summed E-state index contributed by atoms with van der Waals surface area (Å²) in [6.45, 7) is 1.74. The van der Waals surface area contributed by atoms with Crippen molar-refractivity contribution in [3.05, 3.63) is 73.9 Å². The van der Waals surface area contributed by atoms with E-state index in [1.807, 2.05) is 6.92 Å². The number of aliphatic hydroxyl groups excluding tert-OH is 1. The van der Waals surface area contributed by atoms with Crippen LogP contribution in [0.1, 0.15) is 35.4 Å². The van der Waals surface area contributed by atoms with Gasteiger partial charge in [0.15, 0.2) is 0 Å². The number of aromatic nitrogens is 1. The summed E-state index contributed by atoms with van der Waals surface area (Å²) in [5, 5.41) is 10.4. The second-order valence-corrected chi connectivity index (χ2v) is 7.38. The van der Waals surface area contributed by atoms with E-state index in [0.29, 0.717) is 27.0 Å². The number of hydrogen-bond donors (Lipinski definition) is 1. The minimum Gasteiger partial charge on any atom is -0.392 e. The monoisotopic (exact) mass is 401 g/mol. The molecule has 0 saturated heterocycles. The molecule has 0 radical (unpaired) electrons. The second-order valence-electron chi connectivity index (χ2n) is 6.52. The summed E-state index contributed by atoms with van der Waals surface area (Å²) < 4.78 is 16.9. The zero-order chi connectivity index (χ0) is 17.7. The molecule has 1 fully saturated rings. The van der Waals surface area contributed by atoms with E-state index in [1.165, 1.54) is 10.6 Å². The molecular formula is C20H17BrFNO2. The summed E-state index contributed by atoms with van der Waals surface area (Å²) in [4.78, 5) is 13.0. The third-order valence-electron chi connectivity index (χ3n) is 4.98. The Hall–Kier alpha value is -1.98. The Morgan fingerprint density at radius 2 is 2.08 bits per heavy atom. The predicted octanol–water partition coefficient (Wildman–Crippen LogP) is 4.57. The molecule has 1 aromatic heterocycles. The van der Waals surface area contributed by atoms with Crippen molar-refractivity contribution in [3.63, 3.8) is 0 Å². The van der Waals surface area contributed by atoms with Crippen LogP contribution < -0.4 is 5.56 Å². The number of hydrogen-bond acceptors (Lipinski definition) is 2. The van der Waals surface area contributed by atoms with E-state index in [1.54, 1.807) is 30.5 Å². The molecule has 0 aliphatic heterocycles. The van der Waals surface area contributed by atoms with E-state index < -0.39 is 11.4 Å². The fourth-order valence-corrected chi connectivity index (χ4v) is 3.97. The summed E-state index contributed by atoms with van der Waals surface area (Å²) >= 11 is 3.39. The number of aliphatic hydroxyl groups is 1. The van der Waals surface area contributed by atoms with Gasteiger partial charge in [0.05, 0.1) is 17.7 Å². The van der Waals surface area contributed by atoms with Crippen molar-refractivity contribution in [3.8, 4) is 5.69 Å². The smallest absolute Gasteiger partial charge is 0.265 e. The van der Waals surface area contributed by atoms with E-state index in [2.05, 4.69) is 15.9 Å². The van der Waals surface area contributed by atoms with Crippen molar-refractivity contribution in [2.75, 3.05) is 0 Å². The summed E-state index contributed by atoms with van der Waals surface area (Å²) in [6.07, 6.45) is 3.83. The second kappa shape index (κ2) is 6.07. The maximum absolute atomic E-state index is 14.8. The topological polar surface area (TPSA) is 42.2 Å². The molecule has 1 heterocycles. The minimum absolute atomic E-state index is 0.105. The first-order valence-electron chi connectivity index (χ1n) is 8.26. The fraction of sp³-hybridized carbons (Fsp3) is 0.250. The zero-order valence-electron chi connectivity index (χ0n) is 13.7. The van der Waals surface area contributed by atoms with Crippen molar-refractivity contribution in [1.82, 2.24) is 4.57 Å². The van der Waals surface area contributed by atoms with E-state index >= 15 is 0 Å². The molecule has 3 aromatic rings. The zero-order valence-corrected chi connectivity index (χ0v) is 15.3. The highest BCUT2D eigenvalue weighted by atomic mass is 79.9. The predicted molar refractivity (Wildman–Crippen MR) is 99.8 cm³/mol. The number of fused-ring (bicyclic) bond motifs is 1. The lowest BCUT2D eigenvalue weighted by Gasteiger charge is -2.15. The van der Waals surface area contributed by atoms with Crippen LogP contribution in [0.25, 0.3) is 16.5 Å². The minimum atomic E-state index is -0.470. The molecule has 0 atom stereocenters. The molecule has 5 heteroatoms. The first kappa shape index (κ1) is 16.5. The Morgan fingerprint density at radius 1 is 1.32 bits per heavy atom. The first-order valence-corrected chi connectivity index (χ1v) is 9.05. The maximum atomic E-state index is 14.8. The maximum Gasteiger partial charge on any atom is 0.265 e. The molecule has 1 aliphatic carbocycles. The largest absolute Gasteiger partial charge is 0.392 e. The van der Waals surface area contributed by atoms with Gasteiger partial charge in [-0.1, -0.05) is 22.0 Å². The molecule has 0 amide bonds. The van der Waals surface area contributed by atoms with Crippen molar-refractivity contribution in [1.29, 1.82) is 0 Å². The molecule has 1 N–H and O–H groups in total. The van der Waals surface area contributed by atoms with Crippen LogP contribution in [0, 0.1) is 12.7 Å². The van der Waals surface area contributed by atoms with Gasteiger partial charge in [-0.3, -0.25) is 9.36 Å². The Morgan fingerprint density at radius 3 is 2.76 bits per heavy atom. The van der Waals surface area contributed by atoms with Crippen molar-refractivity contribution >= 4 is 26.7 Å². The van der Waals surface area contributed by atoms with Gasteiger partial charge in [-0.05, 0) is 66.5 Å². The van der Waals surface area contributed by atoms with Gasteiger partial charge >= 0.3 is 0 Å². The van der Waals surface area contributed by atoms with Crippen LogP contribution in [0.2, 0.25) is 0 Å². The lowest BCUT2D eigenvalue weighted by molar-refractivity contribution is 0.280. The van der Waals surface area contributed by atoms with Crippen LogP contribution in [0.4, 0.5) is 4.39 Å². The van der Waals surface area contributed by atoms with Crippen molar-refractivity contribution < 1.29 is 9.50 Å². The summed E-state index contributed by atoms with van der Waals surface area (Å²) in [7, 11) is 0. The average molecular weight is 402 g/mol. The Kier molecular flexibility index (Phi) is 4.01. The first-order chi connectivity index (χ1) is 12.0. The quantitative estimate of drug-likeness (QED) is 0.698. The summed E-state index contributed by atoms with van der Waals surface area (Å²) in [5.74, 6) is -0.0465. The number of pyridine rings is 1. The Labute approximate surface area is 152 Å². The SMILES string of the molecule is Cc1c(C2CC2)cc(F)c2c(=O)n(-c3cccc(Br)c3CO)ccc12. The normalized spacial score (nSPS) is 14.2. The van der Waals surface area contributed by atoms with Crippen LogP contribution in [0.3, 0.4) is 0 Å². The molecule has 0 bridgehead atoms. The number of nitrogens with zero attached hydrogens (tertiary/aromatic N) is 1. The lowest BCUT2D eigenvalue weighted by Crippen LogP contribution is -2.20. The van der Waals surface area contributed by atoms with Crippen LogP contribution in [0.15, 0.2) is 45.8 Å². The van der Waals surface area contributed by atoms with Gasteiger partial charge in [0.1, 0.15) is 5.82 Å². The number of aryl methyl sites for hydroxylation is 1. The summed E-state index contributed by atoms with van der Waals surface area (Å²) in [5.41, 5.74) is 2.73. The standard InChI is InChI=1S/C20H17BrFNO2/c1-11-13-7-8-23(18-4-2-3-16(21)15(18)10-24)20(25)19(13)17(22)9-14(11)12-5-6-12/h2-4,7-9,12,24H,5-6,10H2,1H3. The molecule has 128 valence electrons. The van der Waals surface area contributed by atoms with Gasteiger partial charge in [-0.15, -0.1) is 0 Å². The van der Waals surface area contributed by atoms with Crippen LogP contribution in [-0.4, -0.2) is 9.67 Å². The van der Waals surface area contributed by atoms with Gasteiger partial charge in [-0.25, -0.2) is 4.39 Å². The highest BCUT2D eigenvalue weighted by Gasteiger charge is 2.27. The van der Waals surface area contributed by atoms with Gasteiger partial charge in [-0.2, -0.15) is 0 Å². The molecular weight excluding hydrogens is 385 g/mol. The Bertz CT molecular complexity index is 1050. The van der Waals surface area contributed by atoms with E-state index in [4.69, 9.17) is 0 Å². The molecule has 1 saturated carbocycles. The highest BCUT2D eigenvalue weighted by molar-refractivity contribution is 9.10. The number of halogens is 2. The van der Waals surface area contributed by atoms with Crippen molar-refractivity contribution in [2.45, 2.75) is 32.3 Å². The van der Waals surface area contributed by atoms with E-state index in [0.717, 1.165) is 24.0 Å². The number of rotatable bonds is 3. The van der Waals surface area contributed by atoms with E-state index in [-0.39, 0.29) is 12.0 Å². The molecule has 4 rings (SSSR count). The summed E-state index contributed by atoms with van der Waals surface area (Å²) in [6, 6.07) is 8.64.